The fourth-order valence-corrected chi connectivity index (χ4v) is 2.42. The van der Waals surface area contributed by atoms with Gasteiger partial charge in [0.25, 0.3) is 0 Å². The average Bonchev–Trinajstić information content (AvgIpc) is 2.28. The summed E-state index contributed by atoms with van der Waals surface area (Å²) in [6.45, 7) is 11.2. The molecule has 0 bridgehead atoms. The van der Waals surface area contributed by atoms with Crippen LogP contribution in [0.4, 0.5) is 0 Å². The lowest BCUT2D eigenvalue weighted by atomic mass is 9.87. The van der Waals surface area contributed by atoms with Crippen molar-refractivity contribution in [1.29, 1.82) is 0 Å². The first kappa shape index (κ1) is 14.0. The maximum Gasteiger partial charge on any atom is 0.0468 e. The zero-order valence-electron chi connectivity index (χ0n) is 11.3. The van der Waals surface area contributed by atoms with Crippen molar-refractivity contribution in [2.45, 2.75) is 46.5 Å². The van der Waals surface area contributed by atoms with E-state index in [0.29, 0.717) is 0 Å². The van der Waals surface area contributed by atoms with Crippen LogP contribution in [-0.4, -0.2) is 26.3 Å². The van der Waals surface area contributed by atoms with Crippen molar-refractivity contribution in [3.05, 3.63) is 0 Å². The number of nitrogens with one attached hydrogen (secondary N) is 1. The Labute approximate surface area is 101 Å². The zero-order chi connectivity index (χ0) is 11.8. The van der Waals surface area contributed by atoms with E-state index in [1.165, 1.54) is 32.2 Å². The van der Waals surface area contributed by atoms with Crippen molar-refractivity contribution in [2.75, 3.05) is 26.3 Å². The Hall–Kier alpha value is -0.0800. The maximum absolute atomic E-state index is 5.41. The minimum atomic E-state index is 0.764. The monoisotopic (exact) mass is 227 g/mol. The van der Waals surface area contributed by atoms with Gasteiger partial charge in [0.05, 0.1) is 0 Å². The van der Waals surface area contributed by atoms with Crippen molar-refractivity contribution in [2.24, 2.45) is 17.8 Å². The summed E-state index contributed by atoms with van der Waals surface area (Å²) in [4.78, 5) is 0. The molecule has 1 aliphatic rings. The number of ether oxygens (including phenoxy) is 1. The highest BCUT2D eigenvalue weighted by molar-refractivity contribution is 4.70. The molecule has 2 heteroatoms. The highest BCUT2D eigenvalue weighted by Crippen LogP contribution is 2.24. The van der Waals surface area contributed by atoms with Gasteiger partial charge in [0.2, 0.25) is 0 Å². The summed E-state index contributed by atoms with van der Waals surface area (Å²) in [6, 6.07) is 0. The molecule has 1 rings (SSSR count). The van der Waals surface area contributed by atoms with Gasteiger partial charge in [-0.25, -0.2) is 0 Å². The van der Waals surface area contributed by atoms with Crippen LogP contribution in [0.1, 0.15) is 46.5 Å². The molecule has 0 aliphatic carbocycles. The van der Waals surface area contributed by atoms with Gasteiger partial charge in [-0.3, -0.25) is 0 Å². The summed E-state index contributed by atoms with van der Waals surface area (Å²) in [6.07, 6.45) is 5.26. The second-order valence-electron chi connectivity index (χ2n) is 5.62. The Bertz CT molecular complexity index is 164. The summed E-state index contributed by atoms with van der Waals surface area (Å²) >= 11 is 0. The number of hydrogen-bond acceptors (Lipinski definition) is 2. The van der Waals surface area contributed by atoms with Crippen LogP contribution in [0.2, 0.25) is 0 Å². The quantitative estimate of drug-likeness (QED) is 0.721. The maximum atomic E-state index is 5.41. The van der Waals surface area contributed by atoms with Crippen molar-refractivity contribution >= 4 is 0 Å². The van der Waals surface area contributed by atoms with Gasteiger partial charge < -0.3 is 10.1 Å². The first-order valence-electron chi connectivity index (χ1n) is 7.00. The predicted molar refractivity (Wildman–Crippen MR) is 69.6 cm³/mol. The molecule has 1 atom stereocenters. The van der Waals surface area contributed by atoms with E-state index < -0.39 is 0 Å². The molecule has 16 heavy (non-hydrogen) atoms. The van der Waals surface area contributed by atoms with E-state index in [1.54, 1.807) is 0 Å². The molecule has 0 radical (unpaired) electrons. The predicted octanol–water partition coefficient (Wildman–Crippen LogP) is 3.07. The topological polar surface area (TPSA) is 21.3 Å². The van der Waals surface area contributed by atoms with E-state index in [0.717, 1.165) is 37.5 Å². The highest BCUT2D eigenvalue weighted by Gasteiger charge is 2.18. The molecule has 2 nitrogen and oxygen atoms in total. The van der Waals surface area contributed by atoms with E-state index in [2.05, 4.69) is 26.1 Å². The molecule has 1 fully saturated rings. The van der Waals surface area contributed by atoms with Gasteiger partial charge in [-0.2, -0.15) is 0 Å². The van der Waals surface area contributed by atoms with E-state index in [1.807, 2.05) is 0 Å². The van der Waals surface area contributed by atoms with E-state index in [-0.39, 0.29) is 0 Å². The van der Waals surface area contributed by atoms with Crippen molar-refractivity contribution in [3.8, 4) is 0 Å². The fraction of sp³-hybridized carbons (Fsp3) is 1.00. The molecule has 0 aromatic rings. The van der Waals surface area contributed by atoms with Crippen LogP contribution in [-0.2, 0) is 4.74 Å². The van der Waals surface area contributed by atoms with Crippen LogP contribution in [0, 0.1) is 17.8 Å². The molecule has 1 aliphatic heterocycles. The van der Waals surface area contributed by atoms with Gasteiger partial charge in [-0.1, -0.05) is 27.2 Å². The summed E-state index contributed by atoms with van der Waals surface area (Å²) in [5, 5.41) is 3.59. The molecular formula is C14H29NO. The Morgan fingerprint density at radius 3 is 2.44 bits per heavy atom. The van der Waals surface area contributed by atoms with E-state index in [4.69, 9.17) is 4.74 Å². The van der Waals surface area contributed by atoms with Crippen LogP contribution in [0.3, 0.4) is 0 Å². The molecule has 1 N–H and O–H groups in total. The van der Waals surface area contributed by atoms with Crippen molar-refractivity contribution in [1.82, 2.24) is 5.32 Å². The van der Waals surface area contributed by atoms with Crippen LogP contribution < -0.4 is 5.32 Å². The van der Waals surface area contributed by atoms with Gasteiger partial charge in [-0.15, -0.1) is 0 Å². The fourth-order valence-electron chi connectivity index (χ4n) is 2.42. The minimum absolute atomic E-state index is 0.764. The summed E-state index contributed by atoms with van der Waals surface area (Å²) in [5.41, 5.74) is 0. The lowest BCUT2D eigenvalue weighted by Crippen LogP contribution is -2.28. The SMILES string of the molecule is CCC(CNCC(C)C)CC1CCOCC1. The molecule has 1 unspecified atom stereocenters. The minimum Gasteiger partial charge on any atom is -0.381 e. The van der Waals surface area contributed by atoms with Crippen LogP contribution in [0.15, 0.2) is 0 Å². The standard InChI is InChI=1S/C14H29NO/c1-4-13(11-15-10-12(2)3)9-14-5-7-16-8-6-14/h12-15H,4-11H2,1-3H3. The number of hydrogen-bond donors (Lipinski definition) is 1. The molecule has 0 spiro atoms. The van der Waals surface area contributed by atoms with Crippen LogP contribution in [0.5, 0.6) is 0 Å². The molecule has 0 aromatic carbocycles. The Kier molecular flexibility index (Phi) is 7.06. The van der Waals surface area contributed by atoms with Gasteiger partial charge in [0.1, 0.15) is 0 Å². The summed E-state index contributed by atoms with van der Waals surface area (Å²) in [5.74, 6) is 2.54. The van der Waals surface area contributed by atoms with Crippen LogP contribution in [0.25, 0.3) is 0 Å². The molecule has 1 heterocycles. The molecule has 96 valence electrons. The normalized spacial score (nSPS) is 20.2. The third kappa shape index (κ3) is 5.86. The van der Waals surface area contributed by atoms with Crippen molar-refractivity contribution < 1.29 is 4.74 Å². The molecule has 0 aromatic heterocycles. The molecule has 0 saturated carbocycles. The first-order chi connectivity index (χ1) is 7.72. The Balaban J connectivity index is 2.14. The largest absolute Gasteiger partial charge is 0.381 e. The molecular weight excluding hydrogens is 198 g/mol. The lowest BCUT2D eigenvalue weighted by Gasteiger charge is -2.26. The smallest absolute Gasteiger partial charge is 0.0468 e. The lowest BCUT2D eigenvalue weighted by molar-refractivity contribution is 0.0582. The van der Waals surface area contributed by atoms with E-state index >= 15 is 0 Å². The second kappa shape index (κ2) is 8.08. The summed E-state index contributed by atoms with van der Waals surface area (Å²) < 4.78 is 5.41. The molecule has 1 saturated heterocycles. The van der Waals surface area contributed by atoms with Gasteiger partial charge in [0.15, 0.2) is 0 Å². The van der Waals surface area contributed by atoms with Gasteiger partial charge >= 0.3 is 0 Å². The van der Waals surface area contributed by atoms with E-state index in [9.17, 15) is 0 Å². The zero-order valence-corrected chi connectivity index (χ0v) is 11.3. The van der Waals surface area contributed by atoms with Crippen molar-refractivity contribution in [3.63, 3.8) is 0 Å². The molecule has 0 amide bonds. The Morgan fingerprint density at radius 1 is 1.19 bits per heavy atom. The average molecular weight is 227 g/mol. The Morgan fingerprint density at radius 2 is 1.88 bits per heavy atom. The first-order valence-corrected chi connectivity index (χ1v) is 7.00. The third-order valence-corrected chi connectivity index (χ3v) is 3.57. The second-order valence-corrected chi connectivity index (χ2v) is 5.62. The third-order valence-electron chi connectivity index (χ3n) is 3.57. The highest BCUT2D eigenvalue weighted by atomic mass is 16.5. The van der Waals surface area contributed by atoms with Gasteiger partial charge in [-0.05, 0) is 50.1 Å². The van der Waals surface area contributed by atoms with Crippen LogP contribution >= 0.6 is 0 Å². The number of rotatable bonds is 7. The summed E-state index contributed by atoms with van der Waals surface area (Å²) in [7, 11) is 0. The van der Waals surface area contributed by atoms with Gasteiger partial charge in [0, 0.05) is 13.2 Å².